The zero-order chi connectivity index (χ0) is 21.2. The number of carboxylic acids is 2. The third-order valence-electron chi connectivity index (χ3n) is 3.12. The number of aliphatic hydroxyl groups is 1. The zero-order valence-corrected chi connectivity index (χ0v) is 15.0. The van der Waals surface area contributed by atoms with Crippen LogP contribution in [0.3, 0.4) is 0 Å². The first kappa shape index (κ1) is 25.0. The molecule has 0 rings (SSSR count). The fourth-order valence-electron chi connectivity index (χ4n) is 1.63. The van der Waals surface area contributed by atoms with Crippen molar-refractivity contribution in [2.75, 3.05) is 18.1 Å². The highest BCUT2D eigenvalue weighted by Crippen LogP contribution is 2.23. The van der Waals surface area contributed by atoms with Crippen molar-refractivity contribution in [3.05, 3.63) is 12.3 Å². The van der Waals surface area contributed by atoms with E-state index in [1.165, 1.54) is 0 Å². The first-order valence-electron chi connectivity index (χ1n) is 7.59. The van der Waals surface area contributed by atoms with Crippen LogP contribution in [0.25, 0.3) is 0 Å². The third kappa shape index (κ3) is 11.4. The van der Waals surface area contributed by atoms with Crippen LogP contribution in [0.1, 0.15) is 12.8 Å². The van der Waals surface area contributed by atoms with E-state index in [-0.39, 0.29) is 24.3 Å². The van der Waals surface area contributed by atoms with Gasteiger partial charge in [0.25, 0.3) is 0 Å². The molecule has 0 bridgehead atoms. The molecule has 13 heteroatoms. The van der Waals surface area contributed by atoms with Crippen molar-refractivity contribution in [3.8, 4) is 0 Å². The molecule has 0 saturated carbocycles. The van der Waals surface area contributed by atoms with E-state index >= 15 is 0 Å². The van der Waals surface area contributed by atoms with Crippen LogP contribution in [-0.4, -0.2) is 75.6 Å². The van der Waals surface area contributed by atoms with Crippen LogP contribution in [0.15, 0.2) is 12.3 Å². The average molecular weight is 417 g/mol. The molecule has 156 valence electrons. The molecular formula is C14H22F3N3O6S. The summed E-state index contributed by atoms with van der Waals surface area (Å²) < 4.78 is 36.9. The number of aliphatic carboxylic acids is 2. The topological polar surface area (TPSA) is 162 Å². The van der Waals surface area contributed by atoms with Crippen LogP contribution in [-0.2, 0) is 14.4 Å². The maximum Gasteiger partial charge on any atom is 0.415 e. The number of rotatable bonds is 13. The van der Waals surface area contributed by atoms with Crippen LogP contribution < -0.4 is 16.4 Å². The Morgan fingerprint density at radius 1 is 1.19 bits per heavy atom. The molecule has 3 atom stereocenters. The quantitative estimate of drug-likeness (QED) is 0.232. The molecule has 0 aromatic heterocycles. The van der Waals surface area contributed by atoms with Gasteiger partial charge in [0.1, 0.15) is 18.6 Å². The van der Waals surface area contributed by atoms with Crippen molar-refractivity contribution in [2.45, 2.75) is 37.2 Å². The Balaban J connectivity index is 4.73. The number of nitrogens with one attached hydrogen (secondary N) is 2. The fourth-order valence-corrected chi connectivity index (χ4v) is 2.65. The number of carbonyl (C=O) groups is 3. The number of amides is 1. The minimum Gasteiger partial charge on any atom is -0.480 e. The molecule has 0 aliphatic heterocycles. The van der Waals surface area contributed by atoms with Crippen LogP contribution in [0.4, 0.5) is 13.2 Å². The third-order valence-corrected chi connectivity index (χ3v) is 4.24. The molecule has 0 aromatic carbocycles. The number of hydrogen-bond donors (Lipinski definition) is 6. The van der Waals surface area contributed by atoms with Gasteiger partial charge in [-0.3, -0.25) is 14.4 Å². The molecule has 3 unspecified atom stereocenters. The minimum absolute atomic E-state index is 0.00453. The van der Waals surface area contributed by atoms with Gasteiger partial charge in [-0.05, 0) is 12.8 Å². The van der Waals surface area contributed by atoms with E-state index in [1.54, 1.807) is 0 Å². The van der Waals surface area contributed by atoms with Crippen LogP contribution in [0.2, 0.25) is 0 Å². The largest absolute Gasteiger partial charge is 0.480 e. The van der Waals surface area contributed by atoms with Crippen molar-refractivity contribution < 1.29 is 42.9 Å². The monoisotopic (exact) mass is 417 g/mol. The zero-order valence-electron chi connectivity index (χ0n) is 14.2. The summed E-state index contributed by atoms with van der Waals surface area (Å²) >= 11 is 0.630. The van der Waals surface area contributed by atoms with Crippen LogP contribution in [0, 0.1) is 0 Å². The van der Waals surface area contributed by atoms with E-state index in [0.29, 0.717) is 11.8 Å². The number of carboxylic acid groups (broad SMARTS) is 2. The van der Waals surface area contributed by atoms with Crippen molar-refractivity contribution >= 4 is 29.6 Å². The van der Waals surface area contributed by atoms with E-state index in [9.17, 15) is 27.6 Å². The number of halogens is 3. The maximum atomic E-state index is 12.3. The maximum absolute atomic E-state index is 12.3. The molecule has 0 saturated heterocycles. The molecule has 0 aliphatic rings. The smallest absolute Gasteiger partial charge is 0.415 e. The molecular weight excluding hydrogens is 395 g/mol. The average Bonchev–Trinajstić information content (AvgIpc) is 2.55. The van der Waals surface area contributed by atoms with Gasteiger partial charge in [-0.25, -0.2) is 0 Å². The summed E-state index contributed by atoms with van der Waals surface area (Å²) in [6, 6.07) is -2.29. The van der Waals surface area contributed by atoms with Crippen molar-refractivity contribution in [3.63, 3.8) is 0 Å². The lowest BCUT2D eigenvalue weighted by molar-refractivity contribution is -0.195. The highest BCUT2D eigenvalue weighted by molar-refractivity contribution is 7.99. The summed E-state index contributed by atoms with van der Waals surface area (Å²) in [5, 5.41) is 30.9. The second-order valence-corrected chi connectivity index (χ2v) is 6.57. The van der Waals surface area contributed by atoms with E-state index in [4.69, 9.17) is 21.1 Å². The molecule has 0 aromatic rings. The standard InChI is InChI=1S/C14H22F3N3O6S/c1-7(2-3-8(18)13(25)26)20-9(12(24)19-4-11(22)23)5-27-6-10(21)14(15,16)17/h8-10,20-21H,1-6,18H2,(H,19,24)(H,22,23)(H,25,26). The molecule has 27 heavy (non-hydrogen) atoms. The number of hydrogen-bond acceptors (Lipinski definition) is 7. The highest BCUT2D eigenvalue weighted by atomic mass is 32.2. The molecule has 0 radical (unpaired) electrons. The Morgan fingerprint density at radius 2 is 1.78 bits per heavy atom. The lowest BCUT2D eigenvalue weighted by Crippen LogP contribution is -2.47. The van der Waals surface area contributed by atoms with Crippen molar-refractivity contribution in [1.82, 2.24) is 10.6 Å². The van der Waals surface area contributed by atoms with Gasteiger partial charge in [-0.2, -0.15) is 24.9 Å². The summed E-state index contributed by atoms with van der Waals surface area (Å²) in [7, 11) is 0. The first-order valence-corrected chi connectivity index (χ1v) is 8.74. The second-order valence-electron chi connectivity index (χ2n) is 5.49. The van der Waals surface area contributed by atoms with Gasteiger partial charge in [0.15, 0.2) is 6.10 Å². The van der Waals surface area contributed by atoms with Gasteiger partial charge in [0.2, 0.25) is 5.91 Å². The van der Waals surface area contributed by atoms with Crippen LogP contribution >= 0.6 is 11.8 Å². The van der Waals surface area contributed by atoms with Gasteiger partial charge in [-0.1, -0.05) is 6.58 Å². The molecule has 0 spiro atoms. The SMILES string of the molecule is C=C(CCC(N)C(=O)O)NC(CSCC(O)C(F)(F)F)C(=O)NCC(=O)O. The summed E-state index contributed by atoms with van der Waals surface area (Å²) in [6.45, 7) is 2.90. The molecule has 1 amide bonds. The lowest BCUT2D eigenvalue weighted by Gasteiger charge is -2.21. The fraction of sp³-hybridized carbons (Fsp3) is 0.643. The van der Waals surface area contributed by atoms with Gasteiger partial charge in [0.05, 0.1) is 0 Å². The molecule has 0 aliphatic carbocycles. The Morgan fingerprint density at radius 3 is 2.26 bits per heavy atom. The van der Waals surface area contributed by atoms with Gasteiger partial charge < -0.3 is 31.7 Å². The van der Waals surface area contributed by atoms with Gasteiger partial charge in [-0.15, -0.1) is 0 Å². The Hall–Kier alpha value is -1.99. The number of aliphatic hydroxyl groups excluding tert-OH is 1. The predicted octanol–water partition coefficient (Wildman–Crippen LogP) is -0.492. The summed E-state index contributed by atoms with van der Waals surface area (Å²) in [4.78, 5) is 33.2. The van der Waals surface area contributed by atoms with Crippen molar-refractivity contribution in [1.29, 1.82) is 0 Å². The first-order chi connectivity index (χ1) is 12.3. The number of nitrogens with two attached hydrogens (primary N) is 1. The van der Waals surface area contributed by atoms with E-state index in [2.05, 4.69) is 17.2 Å². The van der Waals surface area contributed by atoms with Crippen molar-refractivity contribution in [2.24, 2.45) is 5.73 Å². The Bertz CT molecular complexity index is 547. The molecule has 7 N–H and O–H groups in total. The van der Waals surface area contributed by atoms with E-state index < -0.39 is 54.5 Å². The summed E-state index contributed by atoms with van der Waals surface area (Å²) in [5.74, 6) is -4.27. The second kappa shape index (κ2) is 11.7. The number of carbonyl (C=O) groups excluding carboxylic acids is 1. The lowest BCUT2D eigenvalue weighted by atomic mass is 10.1. The van der Waals surface area contributed by atoms with Gasteiger partial charge in [0, 0.05) is 17.2 Å². The minimum atomic E-state index is -4.79. The Kier molecular flexibility index (Phi) is 10.8. The predicted molar refractivity (Wildman–Crippen MR) is 90.9 cm³/mol. The van der Waals surface area contributed by atoms with E-state index in [0.717, 1.165) is 0 Å². The molecule has 0 fully saturated rings. The molecule has 0 heterocycles. The highest BCUT2D eigenvalue weighted by Gasteiger charge is 2.38. The number of thioether (sulfide) groups is 1. The Labute approximate surface area is 157 Å². The van der Waals surface area contributed by atoms with E-state index in [1.807, 2.05) is 0 Å². The van der Waals surface area contributed by atoms with Gasteiger partial charge >= 0.3 is 18.1 Å². The van der Waals surface area contributed by atoms with Crippen LogP contribution in [0.5, 0.6) is 0 Å². The normalized spacial score (nSPS) is 14.7. The molecule has 9 nitrogen and oxygen atoms in total. The summed E-state index contributed by atoms with van der Waals surface area (Å²) in [5.41, 5.74) is 5.55. The number of allylic oxidation sites excluding steroid dienone is 1. The number of alkyl halides is 3. The summed E-state index contributed by atoms with van der Waals surface area (Å²) in [6.07, 6.45) is -7.28.